The van der Waals surface area contributed by atoms with Crippen LogP contribution < -0.4 is 16.2 Å². The maximum atomic E-state index is 4.09. The quantitative estimate of drug-likeness (QED) is 0.744. The first kappa shape index (κ1) is 12.9. The third-order valence-electron chi connectivity index (χ3n) is 3.64. The van der Waals surface area contributed by atoms with Gasteiger partial charge in [-0.1, -0.05) is 12.1 Å². The van der Waals surface area contributed by atoms with Crippen LogP contribution in [0.25, 0.3) is 0 Å². The Balaban J connectivity index is 1.58. The van der Waals surface area contributed by atoms with Crippen molar-refractivity contribution >= 4 is 11.5 Å². The van der Waals surface area contributed by atoms with E-state index in [1.165, 1.54) is 24.7 Å². The fourth-order valence-corrected chi connectivity index (χ4v) is 2.49. The summed E-state index contributed by atoms with van der Waals surface area (Å²) in [6.07, 6.45) is 5.68. The van der Waals surface area contributed by atoms with Crippen molar-refractivity contribution in [3.8, 4) is 0 Å². The van der Waals surface area contributed by atoms with E-state index in [1.54, 1.807) is 6.20 Å². The molecule has 0 aliphatic carbocycles. The van der Waals surface area contributed by atoms with Gasteiger partial charge in [0.25, 0.3) is 0 Å². The van der Waals surface area contributed by atoms with E-state index in [0.29, 0.717) is 5.92 Å². The normalized spacial score (nSPS) is 15.8. The zero-order valence-corrected chi connectivity index (χ0v) is 11.3. The van der Waals surface area contributed by atoms with Crippen LogP contribution in [0.2, 0.25) is 0 Å². The summed E-state index contributed by atoms with van der Waals surface area (Å²) >= 11 is 0. The van der Waals surface area contributed by atoms with Crippen molar-refractivity contribution in [1.29, 1.82) is 0 Å². The molecule has 5 heteroatoms. The Morgan fingerprint density at radius 2 is 1.80 bits per heavy atom. The van der Waals surface area contributed by atoms with Crippen LogP contribution in [0, 0.1) is 0 Å². The molecule has 3 rings (SSSR count). The number of piperidine rings is 1. The summed E-state index contributed by atoms with van der Waals surface area (Å²) in [5.74, 6) is 1.45. The highest BCUT2D eigenvalue weighted by atomic mass is 15.4. The maximum Gasteiger partial charge on any atom is 0.147 e. The monoisotopic (exact) mass is 269 g/mol. The Bertz CT molecular complexity index is 520. The molecule has 0 radical (unpaired) electrons. The van der Waals surface area contributed by atoms with Gasteiger partial charge in [0.05, 0.1) is 5.69 Å². The third-order valence-corrected chi connectivity index (χ3v) is 3.64. The number of rotatable bonds is 4. The van der Waals surface area contributed by atoms with E-state index in [4.69, 9.17) is 0 Å². The van der Waals surface area contributed by atoms with Gasteiger partial charge in [-0.05, 0) is 49.5 Å². The van der Waals surface area contributed by atoms with Gasteiger partial charge >= 0.3 is 0 Å². The first-order chi connectivity index (χ1) is 9.92. The molecule has 1 aromatic heterocycles. The van der Waals surface area contributed by atoms with Crippen molar-refractivity contribution in [2.24, 2.45) is 0 Å². The molecule has 3 N–H and O–H groups in total. The molecule has 0 atom stereocenters. The van der Waals surface area contributed by atoms with Crippen LogP contribution in [0.4, 0.5) is 11.5 Å². The largest absolute Gasteiger partial charge is 0.317 e. The molecule has 1 saturated heterocycles. The van der Waals surface area contributed by atoms with E-state index in [0.717, 1.165) is 24.6 Å². The average molecular weight is 269 g/mol. The summed E-state index contributed by atoms with van der Waals surface area (Å²) in [4.78, 5) is 7.97. The number of benzene rings is 1. The molecule has 0 spiro atoms. The van der Waals surface area contributed by atoms with Crippen LogP contribution >= 0.6 is 0 Å². The second-order valence-electron chi connectivity index (χ2n) is 4.99. The molecule has 0 unspecified atom stereocenters. The zero-order valence-electron chi connectivity index (χ0n) is 11.3. The number of anilines is 2. The Morgan fingerprint density at radius 1 is 1.00 bits per heavy atom. The van der Waals surface area contributed by atoms with E-state index in [9.17, 15) is 0 Å². The molecule has 0 bridgehead atoms. The van der Waals surface area contributed by atoms with Gasteiger partial charge in [-0.2, -0.15) is 0 Å². The molecule has 1 fully saturated rings. The van der Waals surface area contributed by atoms with Crippen molar-refractivity contribution in [3.63, 3.8) is 0 Å². The lowest BCUT2D eigenvalue weighted by molar-refractivity contribution is 0.460. The lowest BCUT2D eigenvalue weighted by Crippen LogP contribution is -2.26. The standard InChI is InChI=1S/C15H19N5/c1-3-14(19-20-15-7-10-17-11-18-15)4-2-12(1)13-5-8-16-9-6-13/h1-4,7,10-11,13,16,19H,5-6,8-9H2,(H,17,18,20). The number of hydrogen-bond acceptors (Lipinski definition) is 5. The van der Waals surface area contributed by atoms with E-state index in [1.807, 2.05) is 6.07 Å². The van der Waals surface area contributed by atoms with Gasteiger partial charge in [0.15, 0.2) is 0 Å². The van der Waals surface area contributed by atoms with Crippen LogP contribution in [0.3, 0.4) is 0 Å². The molecule has 1 aromatic carbocycles. The molecule has 2 heterocycles. The highest BCUT2D eigenvalue weighted by molar-refractivity contribution is 5.50. The number of hydrogen-bond donors (Lipinski definition) is 3. The molecular weight excluding hydrogens is 250 g/mol. The van der Waals surface area contributed by atoms with E-state index in [-0.39, 0.29) is 0 Å². The van der Waals surface area contributed by atoms with Crippen LogP contribution in [0.1, 0.15) is 24.3 Å². The molecular formula is C15H19N5. The summed E-state index contributed by atoms with van der Waals surface area (Å²) in [7, 11) is 0. The molecule has 20 heavy (non-hydrogen) atoms. The van der Waals surface area contributed by atoms with Crippen LogP contribution in [0.15, 0.2) is 42.9 Å². The summed E-state index contributed by atoms with van der Waals surface area (Å²) < 4.78 is 0. The molecule has 0 amide bonds. The SMILES string of the molecule is c1cc(NNc2ccc(C3CCNCC3)cc2)ncn1. The van der Waals surface area contributed by atoms with Crippen molar-refractivity contribution in [3.05, 3.63) is 48.4 Å². The molecule has 2 aromatic rings. The number of aromatic nitrogens is 2. The van der Waals surface area contributed by atoms with Gasteiger partial charge in [0.1, 0.15) is 12.1 Å². The van der Waals surface area contributed by atoms with E-state index < -0.39 is 0 Å². The lowest BCUT2D eigenvalue weighted by Gasteiger charge is -2.23. The van der Waals surface area contributed by atoms with E-state index in [2.05, 4.69) is 50.4 Å². The third kappa shape index (κ3) is 3.24. The van der Waals surface area contributed by atoms with Crippen molar-refractivity contribution in [2.45, 2.75) is 18.8 Å². The fraction of sp³-hybridized carbons (Fsp3) is 0.333. The van der Waals surface area contributed by atoms with Crippen molar-refractivity contribution in [2.75, 3.05) is 23.9 Å². The zero-order chi connectivity index (χ0) is 13.6. The number of nitrogens with one attached hydrogen (secondary N) is 3. The maximum absolute atomic E-state index is 4.09. The van der Waals surface area contributed by atoms with Gasteiger partial charge in [-0.15, -0.1) is 0 Å². The van der Waals surface area contributed by atoms with Crippen LogP contribution in [-0.2, 0) is 0 Å². The molecule has 1 aliphatic rings. The minimum atomic E-state index is 0.695. The fourth-order valence-electron chi connectivity index (χ4n) is 2.49. The molecule has 104 valence electrons. The summed E-state index contributed by atoms with van der Waals surface area (Å²) in [6.45, 7) is 2.25. The average Bonchev–Trinajstić information content (AvgIpc) is 2.55. The Kier molecular flexibility index (Phi) is 4.08. The predicted molar refractivity (Wildman–Crippen MR) is 80.6 cm³/mol. The summed E-state index contributed by atoms with van der Waals surface area (Å²) in [5.41, 5.74) is 8.65. The Labute approximate surface area is 118 Å². The molecule has 0 saturated carbocycles. The summed E-state index contributed by atoms with van der Waals surface area (Å²) in [6, 6.07) is 10.4. The van der Waals surface area contributed by atoms with Gasteiger partial charge in [0, 0.05) is 12.3 Å². The topological polar surface area (TPSA) is 61.9 Å². The molecule has 1 aliphatic heterocycles. The second-order valence-corrected chi connectivity index (χ2v) is 4.99. The lowest BCUT2D eigenvalue weighted by atomic mass is 9.90. The van der Waals surface area contributed by atoms with Gasteiger partial charge in [-0.3, -0.25) is 10.9 Å². The first-order valence-electron chi connectivity index (χ1n) is 7.00. The van der Waals surface area contributed by atoms with Gasteiger partial charge in [-0.25, -0.2) is 9.97 Å². The highest BCUT2D eigenvalue weighted by Crippen LogP contribution is 2.26. The van der Waals surface area contributed by atoms with Crippen molar-refractivity contribution in [1.82, 2.24) is 15.3 Å². The summed E-state index contributed by atoms with van der Waals surface area (Å²) in [5, 5.41) is 3.40. The minimum Gasteiger partial charge on any atom is -0.317 e. The predicted octanol–water partition coefficient (Wildman–Crippen LogP) is 2.38. The van der Waals surface area contributed by atoms with Crippen LogP contribution in [0.5, 0.6) is 0 Å². The van der Waals surface area contributed by atoms with Gasteiger partial charge in [0.2, 0.25) is 0 Å². The number of nitrogens with zero attached hydrogens (tertiary/aromatic N) is 2. The smallest absolute Gasteiger partial charge is 0.147 e. The minimum absolute atomic E-state index is 0.695. The first-order valence-corrected chi connectivity index (χ1v) is 7.00. The Morgan fingerprint density at radius 3 is 2.50 bits per heavy atom. The number of hydrazine groups is 1. The second kappa shape index (κ2) is 6.34. The van der Waals surface area contributed by atoms with Crippen LogP contribution in [-0.4, -0.2) is 23.1 Å². The molecule has 5 nitrogen and oxygen atoms in total. The highest BCUT2D eigenvalue weighted by Gasteiger charge is 2.14. The Hall–Kier alpha value is -2.14. The van der Waals surface area contributed by atoms with Gasteiger partial charge < -0.3 is 5.32 Å². The van der Waals surface area contributed by atoms with Crippen molar-refractivity contribution < 1.29 is 0 Å². The van der Waals surface area contributed by atoms with E-state index >= 15 is 0 Å².